The molecule has 0 bridgehead atoms. The van der Waals surface area contributed by atoms with Crippen LogP contribution in [0.4, 0.5) is 0 Å². The molecular weight excluding hydrogens is 263 g/mol. The van der Waals surface area contributed by atoms with Crippen molar-refractivity contribution in [3.8, 4) is 0 Å². The summed E-state index contributed by atoms with van der Waals surface area (Å²) in [7, 11) is 0. The number of aryl methyl sites for hydroxylation is 1. The third-order valence-corrected chi connectivity index (χ3v) is 2.80. The summed E-state index contributed by atoms with van der Waals surface area (Å²) in [6.45, 7) is 3.88. The molecule has 1 radical (unpaired) electrons. The van der Waals surface area contributed by atoms with Crippen molar-refractivity contribution in [3.63, 3.8) is 0 Å². The van der Waals surface area contributed by atoms with E-state index in [0.717, 1.165) is 32.5 Å². The topological polar surface area (TPSA) is 22.1 Å². The molecule has 2 rings (SSSR count). The summed E-state index contributed by atoms with van der Waals surface area (Å²) in [6.07, 6.45) is 5.17. The summed E-state index contributed by atoms with van der Waals surface area (Å²) in [4.78, 5) is 4.49. The van der Waals surface area contributed by atoms with Crippen LogP contribution in [0.5, 0.6) is 0 Å². The molecule has 1 fully saturated rings. The molecule has 0 saturated carbocycles. The van der Waals surface area contributed by atoms with Gasteiger partial charge < -0.3 is 9.72 Å². The van der Waals surface area contributed by atoms with Crippen molar-refractivity contribution >= 4 is 0 Å². The van der Waals surface area contributed by atoms with Crippen LogP contribution in [0.15, 0.2) is 12.3 Å². The zero-order chi connectivity index (χ0) is 9.80. The molecule has 0 amide bonds. The monoisotopic (exact) mass is 279 g/mol. The van der Waals surface area contributed by atoms with Gasteiger partial charge in [-0.3, -0.25) is 0 Å². The fourth-order valence-electron chi connectivity index (χ4n) is 1.80. The summed E-state index contributed by atoms with van der Waals surface area (Å²) in [6, 6.07) is 5.33. The fourth-order valence-corrected chi connectivity index (χ4v) is 1.80. The van der Waals surface area contributed by atoms with Crippen LogP contribution in [0, 0.1) is 6.07 Å². The molecule has 0 aromatic carbocycles. The van der Waals surface area contributed by atoms with Crippen molar-refractivity contribution in [2.75, 3.05) is 13.2 Å². The molecule has 1 aromatic heterocycles. The van der Waals surface area contributed by atoms with Crippen LogP contribution in [-0.4, -0.2) is 18.2 Å². The second kappa shape index (κ2) is 6.72. The number of hydrogen-bond acceptors (Lipinski definition) is 2. The van der Waals surface area contributed by atoms with Gasteiger partial charge in [0, 0.05) is 45.9 Å². The molecule has 3 heteroatoms. The average molecular weight is 279 g/mol. The Hall–Kier alpha value is 0.214. The molecule has 0 spiro atoms. The van der Waals surface area contributed by atoms with Gasteiger partial charge in [0.25, 0.3) is 0 Å². The molecule has 2 heterocycles. The van der Waals surface area contributed by atoms with Crippen LogP contribution in [0.25, 0.3) is 0 Å². The molecule has 0 atom stereocenters. The standard InChI is InChI=1S/C12H16NO.Y/c1-2-10-3-4-12(13-9-10)11-5-7-14-8-6-11;/h4,9,11H,2,5-8H2,1H3;/q-1;. The minimum Gasteiger partial charge on any atom is -0.387 e. The van der Waals surface area contributed by atoms with E-state index in [-0.39, 0.29) is 32.7 Å². The molecule has 0 aliphatic carbocycles. The number of nitrogens with zero attached hydrogens (tertiary/aromatic N) is 1. The molecule has 1 aliphatic rings. The van der Waals surface area contributed by atoms with Crippen molar-refractivity contribution in [3.05, 3.63) is 29.6 Å². The summed E-state index contributed by atoms with van der Waals surface area (Å²) in [5.41, 5.74) is 2.38. The van der Waals surface area contributed by atoms with E-state index < -0.39 is 0 Å². The third kappa shape index (κ3) is 3.62. The Morgan fingerprint density at radius 2 is 2.20 bits per heavy atom. The second-order valence-corrected chi connectivity index (χ2v) is 3.74. The minimum absolute atomic E-state index is 0. The first-order chi connectivity index (χ1) is 6.90. The molecule has 0 N–H and O–H groups in total. The van der Waals surface area contributed by atoms with Gasteiger partial charge in [-0.1, -0.05) is 25.2 Å². The Labute approximate surface area is 117 Å². The van der Waals surface area contributed by atoms with Gasteiger partial charge in [-0.15, -0.1) is 5.56 Å². The van der Waals surface area contributed by atoms with Gasteiger partial charge in [0.15, 0.2) is 0 Å². The van der Waals surface area contributed by atoms with Crippen molar-refractivity contribution in [1.82, 2.24) is 4.98 Å². The van der Waals surface area contributed by atoms with Crippen LogP contribution >= 0.6 is 0 Å². The molecule has 0 unspecified atom stereocenters. The first-order valence-electron chi connectivity index (χ1n) is 5.34. The van der Waals surface area contributed by atoms with Crippen molar-refractivity contribution < 1.29 is 37.4 Å². The minimum atomic E-state index is 0. The van der Waals surface area contributed by atoms with Gasteiger partial charge in [0.1, 0.15) is 0 Å². The normalized spacial score (nSPS) is 17.1. The Morgan fingerprint density at radius 1 is 1.47 bits per heavy atom. The van der Waals surface area contributed by atoms with E-state index in [1.807, 2.05) is 6.20 Å². The molecule has 1 saturated heterocycles. The van der Waals surface area contributed by atoms with Gasteiger partial charge in [0.05, 0.1) is 0 Å². The van der Waals surface area contributed by atoms with E-state index in [4.69, 9.17) is 4.74 Å². The van der Waals surface area contributed by atoms with Crippen LogP contribution in [0.1, 0.15) is 36.9 Å². The smallest absolute Gasteiger partial charge is 0.0462 e. The average Bonchev–Trinajstić information content (AvgIpc) is 2.30. The van der Waals surface area contributed by atoms with Crippen LogP contribution in [0.3, 0.4) is 0 Å². The summed E-state index contributed by atoms with van der Waals surface area (Å²) in [5.74, 6) is 0.589. The Morgan fingerprint density at radius 3 is 2.73 bits per heavy atom. The Kier molecular flexibility index (Phi) is 5.95. The number of ether oxygens (including phenoxy) is 1. The maximum Gasteiger partial charge on any atom is 0.0462 e. The number of aromatic nitrogens is 1. The van der Waals surface area contributed by atoms with Gasteiger partial charge in [-0.25, -0.2) is 0 Å². The van der Waals surface area contributed by atoms with E-state index in [1.165, 1.54) is 11.3 Å². The van der Waals surface area contributed by atoms with Gasteiger partial charge in [-0.05, 0) is 18.8 Å². The fraction of sp³-hybridized carbons (Fsp3) is 0.583. The van der Waals surface area contributed by atoms with Crippen molar-refractivity contribution in [2.45, 2.75) is 32.1 Å². The molecule has 79 valence electrons. The van der Waals surface area contributed by atoms with Gasteiger partial charge >= 0.3 is 0 Å². The largest absolute Gasteiger partial charge is 0.387 e. The molecule has 2 nitrogen and oxygen atoms in total. The molecular formula is C12H16NOY-. The summed E-state index contributed by atoms with van der Waals surface area (Å²) in [5, 5.41) is 0. The predicted octanol–water partition coefficient (Wildman–Crippen LogP) is 2.34. The van der Waals surface area contributed by atoms with E-state index >= 15 is 0 Å². The first kappa shape index (κ1) is 13.3. The van der Waals surface area contributed by atoms with Crippen molar-refractivity contribution in [2.24, 2.45) is 0 Å². The number of pyridine rings is 1. The molecule has 1 aliphatic heterocycles. The molecule has 15 heavy (non-hydrogen) atoms. The second-order valence-electron chi connectivity index (χ2n) is 3.74. The maximum absolute atomic E-state index is 5.33. The Bertz CT molecular complexity index is 280. The summed E-state index contributed by atoms with van der Waals surface area (Å²) < 4.78 is 5.33. The summed E-state index contributed by atoms with van der Waals surface area (Å²) >= 11 is 0. The SMILES string of the molecule is CCc1[c-]cc(C2CCOCC2)nc1.[Y]. The van der Waals surface area contributed by atoms with E-state index in [2.05, 4.69) is 24.0 Å². The third-order valence-electron chi connectivity index (χ3n) is 2.80. The van der Waals surface area contributed by atoms with Crippen LogP contribution in [-0.2, 0) is 43.9 Å². The number of hydrogen-bond donors (Lipinski definition) is 0. The number of rotatable bonds is 2. The maximum atomic E-state index is 5.33. The van der Waals surface area contributed by atoms with E-state index in [0.29, 0.717) is 5.92 Å². The van der Waals surface area contributed by atoms with Crippen LogP contribution < -0.4 is 0 Å². The van der Waals surface area contributed by atoms with Crippen molar-refractivity contribution in [1.29, 1.82) is 0 Å². The zero-order valence-electron chi connectivity index (χ0n) is 9.20. The van der Waals surface area contributed by atoms with Crippen LogP contribution in [0.2, 0.25) is 0 Å². The Balaban J connectivity index is 0.00000112. The van der Waals surface area contributed by atoms with E-state index in [9.17, 15) is 0 Å². The zero-order valence-corrected chi connectivity index (χ0v) is 12.0. The van der Waals surface area contributed by atoms with E-state index in [1.54, 1.807) is 0 Å². The molecule has 1 aromatic rings. The van der Waals surface area contributed by atoms with Gasteiger partial charge in [0.2, 0.25) is 0 Å². The predicted molar refractivity (Wildman–Crippen MR) is 55.2 cm³/mol. The quantitative estimate of drug-likeness (QED) is 0.775. The van der Waals surface area contributed by atoms with Gasteiger partial charge in [-0.2, -0.15) is 12.1 Å². The first-order valence-corrected chi connectivity index (χ1v) is 5.34.